The fourth-order valence-electron chi connectivity index (χ4n) is 3.61. The summed E-state index contributed by atoms with van der Waals surface area (Å²) in [6.07, 6.45) is -4.23. The molecule has 1 N–H and O–H groups in total. The first-order valence-electron chi connectivity index (χ1n) is 9.28. The molecule has 1 aliphatic rings. The van der Waals surface area contributed by atoms with E-state index in [2.05, 4.69) is 10.1 Å². The standard InChI is InChI=1S/C22H17F3N2O3/c23-22(24,25)30-16-8-6-15(7-9-16)26-21(29)17-12-13-27-18(17)10-11-19(27)20(28)14-4-2-1-3-5-14/h1-11,17H,12-13H2,(H,26,29)/t17-/m0/s1. The van der Waals surface area contributed by atoms with E-state index in [-0.39, 0.29) is 17.4 Å². The number of hydrogen-bond donors (Lipinski definition) is 1. The van der Waals surface area contributed by atoms with E-state index < -0.39 is 12.3 Å². The van der Waals surface area contributed by atoms with Crippen molar-refractivity contribution in [2.75, 3.05) is 5.32 Å². The molecule has 8 heteroatoms. The number of carbonyl (C=O) groups is 2. The average molecular weight is 414 g/mol. The Hall–Kier alpha value is -3.55. The minimum absolute atomic E-state index is 0.108. The molecule has 2 heterocycles. The maximum atomic E-state index is 12.8. The van der Waals surface area contributed by atoms with Gasteiger partial charge in [0.1, 0.15) is 5.75 Å². The first-order chi connectivity index (χ1) is 14.3. The summed E-state index contributed by atoms with van der Waals surface area (Å²) in [6.45, 7) is 0.534. The van der Waals surface area contributed by atoms with Crippen LogP contribution in [0, 0.1) is 0 Å². The van der Waals surface area contributed by atoms with E-state index in [0.29, 0.717) is 29.9 Å². The molecule has 0 aliphatic carbocycles. The Bertz CT molecular complexity index is 1070. The van der Waals surface area contributed by atoms with Crippen LogP contribution in [0.25, 0.3) is 0 Å². The molecule has 3 aromatic rings. The van der Waals surface area contributed by atoms with Gasteiger partial charge in [0.15, 0.2) is 0 Å². The molecule has 0 radical (unpaired) electrons. The van der Waals surface area contributed by atoms with Crippen molar-refractivity contribution in [3.8, 4) is 5.75 Å². The third-order valence-corrected chi connectivity index (χ3v) is 4.95. The number of halogens is 3. The molecule has 2 aromatic carbocycles. The molecule has 1 amide bonds. The summed E-state index contributed by atoms with van der Waals surface area (Å²) in [5, 5.41) is 2.71. The van der Waals surface area contributed by atoms with E-state index in [1.54, 1.807) is 36.4 Å². The number of carbonyl (C=O) groups excluding carboxylic acids is 2. The van der Waals surface area contributed by atoms with E-state index in [4.69, 9.17) is 0 Å². The topological polar surface area (TPSA) is 60.3 Å². The van der Waals surface area contributed by atoms with Crippen LogP contribution in [0.2, 0.25) is 0 Å². The van der Waals surface area contributed by atoms with Crippen molar-refractivity contribution in [3.05, 3.63) is 83.7 Å². The van der Waals surface area contributed by atoms with Gasteiger partial charge in [0.25, 0.3) is 0 Å². The number of rotatable bonds is 5. The fourth-order valence-corrected chi connectivity index (χ4v) is 3.61. The highest BCUT2D eigenvalue weighted by molar-refractivity contribution is 6.08. The number of nitrogens with one attached hydrogen (secondary N) is 1. The Morgan fingerprint density at radius 1 is 0.967 bits per heavy atom. The number of ether oxygens (including phenoxy) is 1. The van der Waals surface area contributed by atoms with Crippen LogP contribution in [-0.2, 0) is 11.3 Å². The molecule has 0 unspecified atom stereocenters. The van der Waals surface area contributed by atoms with Gasteiger partial charge in [-0.15, -0.1) is 13.2 Å². The summed E-state index contributed by atoms with van der Waals surface area (Å²) >= 11 is 0. The Kier molecular flexibility index (Phi) is 5.07. The third kappa shape index (κ3) is 4.07. The molecule has 0 fully saturated rings. The number of aromatic nitrogens is 1. The summed E-state index contributed by atoms with van der Waals surface area (Å²) in [6, 6.07) is 17.4. The maximum Gasteiger partial charge on any atom is 0.573 e. The first kappa shape index (κ1) is 19.8. The van der Waals surface area contributed by atoms with Crippen LogP contribution in [0.3, 0.4) is 0 Å². The average Bonchev–Trinajstić information content (AvgIpc) is 3.30. The molecule has 30 heavy (non-hydrogen) atoms. The molecule has 5 nitrogen and oxygen atoms in total. The number of anilines is 1. The summed E-state index contributed by atoms with van der Waals surface area (Å²) < 4.78 is 42.4. The molecule has 154 valence electrons. The molecular formula is C22H17F3N2O3. The van der Waals surface area contributed by atoms with Crippen LogP contribution < -0.4 is 10.1 Å². The zero-order valence-corrected chi connectivity index (χ0v) is 15.6. The van der Waals surface area contributed by atoms with Crippen LogP contribution in [0.4, 0.5) is 18.9 Å². The molecular weight excluding hydrogens is 397 g/mol. The summed E-state index contributed by atoms with van der Waals surface area (Å²) in [5.74, 6) is -1.20. The largest absolute Gasteiger partial charge is 0.573 e. The Labute approximate surface area is 170 Å². The number of ketones is 1. The van der Waals surface area contributed by atoms with E-state index in [1.165, 1.54) is 12.1 Å². The predicted octanol–water partition coefficient (Wildman–Crippen LogP) is 4.74. The van der Waals surface area contributed by atoms with Crippen LogP contribution >= 0.6 is 0 Å². The van der Waals surface area contributed by atoms with E-state index in [9.17, 15) is 22.8 Å². The van der Waals surface area contributed by atoms with Gasteiger partial charge in [0.05, 0.1) is 11.6 Å². The van der Waals surface area contributed by atoms with Crippen molar-refractivity contribution >= 4 is 17.4 Å². The first-order valence-corrected chi connectivity index (χ1v) is 9.28. The number of nitrogens with zero attached hydrogens (tertiary/aromatic N) is 1. The van der Waals surface area contributed by atoms with Gasteiger partial charge in [0.2, 0.25) is 11.7 Å². The van der Waals surface area contributed by atoms with Gasteiger partial charge in [0, 0.05) is 23.5 Å². The van der Waals surface area contributed by atoms with Gasteiger partial charge < -0.3 is 14.6 Å². The number of hydrogen-bond acceptors (Lipinski definition) is 3. The third-order valence-electron chi connectivity index (χ3n) is 4.95. The lowest BCUT2D eigenvalue weighted by Crippen LogP contribution is -2.19. The number of fused-ring (bicyclic) bond motifs is 1. The van der Waals surface area contributed by atoms with Gasteiger partial charge in [-0.2, -0.15) is 0 Å². The molecule has 1 aliphatic heterocycles. The highest BCUT2D eigenvalue weighted by Gasteiger charge is 2.33. The van der Waals surface area contributed by atoms with E-state index >= 15 is 0 Å². The van der Waals surface area contributed by atoms with Gasteiger partial charge in [-0.05, 0) is 42.8 Å². The molecule has 1 atom stereocenters. The Morgan fingerprint density at radius 3 is 2.33 bits per heavy atom. The van der Waals surface area contributed by atoms with Crippen molar-refractivity contribution < 1.29 is 27.5 Å². The molecule has 0 spiro atoms. The van der Waals surface area contributed by atoms with Crippen molar-refractivity contribution in [1.82, 2.24) is 4.57 Å². The summed E-state index contributed by atoms with van der Waals surface area (Å²) in [5.41, 5.74) is 2.21. The van der Waals surface area contributed by atoms with Crippen LogP contribution in [0.15, 0.2) is 66.7 Å². The molecule has 0 bridgehead atoms. The van der Waals surface area contributed by atoms with Crippen molar-refractivity contribution in [3.63, 3.8) is 0 Å². The zero-order chi connectivity index (χ0) is 21.3. The van der Waals surface area contributed by atoms with Gasteiger partial charge in [-0.25, -0.2) is 0 Å². The van der Waals surface area contributed by atoms with Gasteiger partial charge in [-0.3, -0.25) is 9.59 Å². The van der Waals surface area contributed by atoms with Crippen LogP contribution in [0.1, 0.15) is 34.1 Å². The second kappa shape index (κ2) is 7.70. The molecule has 4 rings (SSSR count). The lowest BCUT2D eigenvalue weighted by Gasteiger charge is -2.12. The van der Waals surface area contributed by atoms with Crippen LogP contribution in [-0.4, -0.2) is 22.6 Å². The number of alkyl halides is 3. The van der Waals surface area contributed by atoms with Crippen molar-refractivity contribution in [1.29, 1.82) is 0 Å². The normalized spacial score (nSPS) is 15.5. The smallest absolute Gasteiger partial charge is 0.406 e. The van der Waals surface area contributed by atoms with Crippen molar-refractivity contribution in [2.24, 2.45) is 0 Å². The molecule has 1 aromatic heterocycles. The Morgan fingerprint density at radius 2 is 1.67 bits per heavy atom. The highest BCUT2D eigenvalue weighted by Crippen LogP contribution is 2.33. The minimum Gasteiger partial charge on any atom is -0.406 e. The highest BCUT2D eigenvalue weighted by atomic mass is 19.4. The SMILES string of the molecule is O=C(c1ccccc1)c1ccc2n1CC[C@@H]2C(=O)Nc1ccc(OC(F)(F)F)cc1. The number of benzene rings is 2. The van der Waals surface area contributed by atoms with Gasteiger partial charge in [-0.1, -0.05) is 30.3 Å². The minimum atomic E-state index is -4.77. The van der Waals surface area contributed by atoms with Gasteiger partial charge >= 0.3 is 6.36 Å². The quantitative estimate of drug-likeness (QED) is 0.614. The molecule has 0 saturated heterocycles. The second-order valence-corrected chi connectivity index (χ2v) is 6.89. The maximum absolute atomic E-state index is 12.8. The fraction of sp³-hybridized carbons (Fsp3) is 0.182. The lowest BCUT2D eigenvalue weighted by atomic mass is 10.0. The van der Waals surface area contributed by atoms with Crippen LogP contribution in [0.5, 0.6) is 5.75 Å². The van der Waals surface area contributed by atoms with E-state index in [1.807, 2.05) is 10.6 Å². The zero-order valence-electron chi connectivity index (χ0n) is 15.6. The lowest BCUT2D eigenvalue weighted by molar-refractivity contribution is -0.274. The number of amides is 1. The van der Waals surface area contributed by atoms with Crippen molar-refractivity contribution in [2.45, 2.75) is 25.2 Å². The summed E-state index contributed by atoms with van der Waals surface area (Å²) in [4.78, 5) is 25.5. The monoisotopic (exact) mass is 414 g/mol. The predicted molar refractivity (Wildman–Crippen MR) is 103 cm³/mol. The second-order valence-electron chi connectivity index (χ2n) is 6.89. The molecule has 0 saturated carbocycles. The summed E-state index contributed by atoms with van der Waals surface area (Å²) in [7, 11) is 0. The Balaban J connectivity index is 1.47. The van der Waals surface area contributed by atoms with E-state index in [0.717, 1.165) is 17.8 Å².